The van der Waals surface area contributed by atoms with E-state index in [1.54, 1.807) is 0 Å². The van der Waals surface area contributed by atoms with E-state index in [1.165, 1.54) is 20.8 Å². The molecule has 0 aliphatic rings. The number of halogens is 2. The first kappa shape index (κ1) is 13.6. The van der Waals surface area contributed by atoms with Crippen LogP contribution in [0.4, 0.5) is 8.22 Å². The van der Waals surface area contributed by atoms with Gasteiger partial charge in [0, 0.05) is 5.41 Å². The Kier molecular flexibility index (Phi) is 3.54. The van der Waals surface area contributed by atoms with Crippen LogP contribution < -0.4 is 0 Å². The zero-order chi connectivity index (χ0) is 11.8. The SMILES string of the molecule is C=C(O[Si](F)(F)C(C)(C)C)C(C)(C)C. The molecule has 14 heavy (non-hydrogen) atoms. The molecule has 0 N–H and O–H groups in total. The predicted octanol–water partition coefficient (Wildman–Crippen LogP) is 4.24. The van der Waals surface area contributed by atoms with E-state index in [9.17, 15) is 8.22 Å². The van der Waals surface area contributed by atoms with E-state index in [-0.39, 0.29) is 5.76 Å². The summed E-state index contributed by atoms with van der Waals surface area (Å²) in [7, 11) is -4.68. The minimum Gasteiger partial charge on any atom is -0.499 e. The lowest BCUT2D eigenvalue weighted by Crippen LogP contribution is -2.39. The molecule has 0 unspecified atom stereocenters. The Balaban J connectivity index is 4.62. The lowest BCUT2D eigenvalue weighted by atomic mass is 9.95. The molecule has 84 valence electrons. The Morgan fingerprint density at radius 3 is 1.64 bits per heavy atom. The highest BCUT2D eigenvalue weighted by molar-refractivity contribution is 6.62. The molecule has 1 nitrogen and oxygen atoms in total. The molecule has 0 bridgehead atoms. The molecule has 0 rings (SSSR count). The van der Waals surface area contributed by atoms with E-state index in [2.05, 4.69) is 6.58 Å². The molecule has 0 aromatic carbocycles. The maximum Gasteiger partial charge on any atom is 0.649 e. The zero-order valence-corrected chi connectivity index (χ0v) is 10.9. The van der Waals surface area contributed by atoms with E-state index in [4.69, 9.17) is 4.43 Å². The summed E-state index contributed by atoms with van der Waals surface area (Å²) in [6.07, 6.45) is 0. The van der Waals surface area contributed by atoms with Gasteiger partial charge in [-0.2, -0.15) is 0 Å². The van der Waals surface area contributed by atoms with Crippen molar-refractivity contribution >= 4 is 8.99 Å². The van der Waals surface area contributed by atoms with Gasteiger partial charge in [0.2, 0.25) is 0 Å². The fourth-order valence-corrected chi connectivity index (χ4v) is 1.38. The van der Waals surface area contributed by atoms with E-state index >= 15 is 0 Å². The summed E-state index contributed by atoms with van der Waals surface area (Å²) >= 11 is 0. The average molecular weight is 222 g/mol. The van der Waals surface area contributed by atoms with Crippen molar-refractivity contribution in [2.24, 2.45) is 5.41 Å². The number of allylic oxidation sites excluding steroid dienone is 1. The second kappa shape index (κ2) is 3.64. The van der Waals surface area contributed by atoms with Gasteiger partial charge in [0.25, 0.3) is 0 Å². The van der Waals surface area contributed by atoms with Crippen LogP contribution in [0.1, 0.15) is 41.5 Å². The molecular formula is C10H20F2OSi. The van der Waals surface area contributed by atoms with Crippen molar-refractivity contribution in [3.63, 3.8) is 0 Å². The molecule has 0 amide bonds. The first-order valence-electron chi connectivity index (χ1n) is 4.64. The normalized spacial score (nSPS) is 14.0. The third-order valence-electron chi connectivity index (χ3n) is 1.96. The van der Waals surface area contributed by atoms with Crippen LogP contribution in [-0.4, -0.2) is 8.99 Å². The summed E-state index contributed by atoms with van der Waals surface area (Å²) in [5, 5.41) is -1.08. The molecule has 0 aliphatic carbocycles. The average Bonchev–Trinajstić information content (AvgIpc) is 1.80. The Hall–Kier alpha value is -0.383. The van der Waals surface area contributed by atoms with Gasteiger partial charge < -0.3 is 4.43 Å². The molecule has 0 aliphatic heterocycles. The van der Waals surface area contributed by atoms with E-state index < -0.39 is 19.4 Å². The minimum atomic E-state index is -4.68. The van der Waals surface area contributed by atoms with E-state index in [1.807, 2.05) is 20.8 Å². The fourth-order valence-electron chi connectivity index (χ4n) is 0.461. The van der Waals surface area contributed by atoms with Crippen LogP contribution in [0.15, 0.2) is 12.3 Å². The van der Waals surface area contributed by atoms with Crippen molar-refractivity contribution < 1.29 is 12.6 Å². The molecule has 0 atom stereocenters. The highest BCUT2D eigenvalue weighted by Gasteiger charge is 2.55. The first-order valence-corrected chi connectivity index (χ1v) is 6.30. The Morgan fingerprint density at radius 1 is 1.07 bits per heavy atom. The van der Waals surface area contributed by atoms with Gasteiger partial charge in [0.15, 0.2) is 0 Å². The van der Waals surface area contributed by atoms with Crippen molar-refractivity contribution in [2.45, 2.75) is 46.6 Å². The van der Waals surface area contributed by atoms with Gasteiger partial charge in [-0.3, -0.25) is 0 Å². The molecule has 0 radical (unpaired) electrons. The first-order chi connectivity index (χ1) is 5.88. The van der Waals surface area contributed by atoms with Gasteiger partial charge in [-0.25, -0.2) is 8.22 Å². The van der Waals surface area contributed by atoms with Crippen molar-refractivity contribution in [1.29, 1.82) is 0 Å². The van der Waals surface area contributed by atoms with E-state index in [0.29, 0.717) is 0 Å². The Morgan fingerprint density at radius 2 is 1.43 bits per heavy atom. The molecule has 4 heteroatoms. The van der Waals surface area contributed by atoms with Gasteiger partial charge in [0.1, 0.15) is 0 Å². The summed E-state index contributed by atoms with van der Waals surface area (Å²) in [4.78, 5) is 0. The van der Waals surface area contributed by atoms with Crippen LogP contribution in [0.5, 0.6) is 0 Å². The third kappa shape index (κ3) is 3.40. The summed E-state index contributed by atoms with van der Waals surface area (Å²) in [5.41, 5.74) is -0.429. The molecule has 0 aromatic heterocycles. The van der Waals surface area contributed by atoms with Crippen LogP contribution in [0, 0.1) is 5.41 Å². The number of rotatable bonds is 2. The topological polar surface area (TPSA) is 9.23 Å². The van der Waals surface area contributed by atoms with Gasteiger partial charge in [-0.1, -0.05) is 48.1 Å². The van der Waals surface area contributed by atoms with Crippen molar-refractivity contribution in [2.75, 3.05) is 0 Å². The van der Waals surface area contributed by atoms with Gasteiger partial charge >= 0.3 is 8.99 Å². The molecule has 0 spiro atoms. The van der Waals surface area contributed by atoms with Crippen LogP contribution in [-0.2, 0) is 4.43 Å². The standard InChI is InChI=1S/C10H20F2OSi/c1-8(9(2,3)4)13-14(11,12)10(5,6)7/h1H2,2-7H3. The van der Waals surface area contributed by atoms with Crippen LogP contribution in [0.25, 0.3) is 0 Å². The van der Waals surface area contributed by atoms with Crippen molar-refractivity contribution in [3.05, 3.63) is 12.3 Å². The fraction of sp³-hybridized carbons (Fsp3) is 0.800. The zero-order valence-electron chi connectivity index (χ0n) is 9.87. The largest absolute Gasteiger partial charge is 0.649 e. The highest BCUT2D eigenvalue weighted by Crippen LogP contribution is 2.42. The van der Waals surface area contributed by atoms with Gasteiger partial charge in [0.05, 0.1) is 10.8 Å². The highest BCUT2D eigenvalue weighted by atomic mass is 28.4. The molecule has 0 heterocycles. The van der Waals surface area contributed by atoms with Gasteiger partial charge in [-0.15, -0.1) is 0 Å². The Bertz CT molecular complexity index is 223. The smallest absolute Gasteiger partial charge is 0.499 e. The minimum absolute atomic E-state index is 0.170. The molecule has 0 saturated carbocycles. The van der Waals surface area contributed by atoms with Crippen LogP contribution in [0.3, 0.4) is 0 Å². The van der Waals surface area contributed by atoms with Crippen molar-refractivity contribution in [3.8, 4) is 0 Å². The maximum absolute atomic E-state index is 13.6. The number of hydrogen-bond acceptors (Lipinski definition) is 1. The van der Waals surface area contributed by atoms with Gasteiger partial charge in [-0.05, 0) is 0 Å². The molecule has 0 saturated heterocycles. The second-order valence-electron chi connectivity index (χ2n) is 5.54. The summed E-state index contributed by atoms with van der Waals surface area (Å²) in [6.45, 7) is 13.5. The summed E-state index contributed by atoms with van der Waals surface area (Å²) in [5.74, 6) is 0.170. The Labute approximate surface area is 86.6 Å². The summed E-state index contributed by atoms with van der Waals surface area (Å²) in [6, 6.07) is 0. The quantitative estimate of drug-likeness (QED) is 0.386. The lowest BCUT2D eigenvalue weighted by Gasteiger charge is -2.31. The second-order valence-corrected chi connectivity index (χ2v) is 8.28. The maximum atomic E-state index is 13.6. The van der Waals surface area contributed by atoms with Crippen molar-refractivity contribution in [1.82, 2.24) is 0 Å². The van der Waals surface area contributed by atoms with Crippen LogP contribution >= 0.6 is 0 Å². The van der Waals surface area contributed by atoms with Crippen LogP contribution in [0.2, 0.25) is 5.04 Å². The molecule has 0 aromatic rings. The number of hydrogen-bond donors (Lipinski definition) is 0. The van der Waals surface area contributed by atoms with E-state index in [0.717, 1.165) is 0 Å². The lowest BCUT2D eigenvalue weighted by molar-refractivity contribution is 0.204. The monoisotopic (exact) mass is 222 g/mol. The molecule has 0 fully saturated rings. The third-order valence-corrected chi connectivity index (χ3v) is 4.21. The molecular weight excluding hydrogens is 202 g/mol. The summed E-state index contributed by atoms with van der Waals surface area (Å²) < 4.78 is 31.9. The predicted molar refractivity (Wildman–Crippen MR) is 57.4 cm³/mol.